The van der Waals surface area contributed by atoms with Crippen molar-refractivity contribution in [2.45, 2.75) is 31.8 Å². The number of thioether (sulfide) groups is 1. The van der Waals surface area contributed by atoms with E-state index in [4.69, 9.17) is 4.98 Å². The normalized spacial score (nSPS) is 10.9. The number of hydrogen-bond donors (Lipinski definition) is 0. The largest absolute Gasteiger partial charge is 0.245 e. The minimum absolute atomic E-state index is 0.938. The van der Waals surface area contributed by atoms with Gasteiger partial charge in [0.2, 0.25) is 0 Å². The Morgan fingerprint density at radius 1 is 0.913 bits per heavy atom. The first-order valence-electron chi connectivity index (χ1n) is 7.81. The van der Waals surface area contributed by atoms with Crippen molar-refractivity contribution in [3.63, 3.8) is 0 Å². The van der Waals surface area contributed by atoms with Gasteiger partial charge >= 0.3 is 0 Å². The molecule has 3 rings (SSSR count). The molecule has 0 bridgehead atoms. The van der Waals surface area contributed by atoms with Gasteiger partial charge in [0.25, 0.3) is 0 Å². The maximum absolute atomic E-state index is 4.77. The molecule has 0 fully saturated rings. The van der Waals surface area contributed by atoms with E-state index >= 15 is 0 Å². The number of hydrogen-bond acceptors (Lipinski definition) is 3. The molecule has 0 spiro atoms. The van der Waals surface area contributed by atoms with E-state index in [9.17, 15) is 0 Å². The standard InChI is InChI=1S/C20H21NS2/c1-15-6-8-17(9-7-15)11-20-21-19(14-23-20)13-22-12-18-5-3-4-16(2)10-18/h3-10,14H,11-13H2,1-2H3. The minimum atomic E-state index is 0.938. The van der Waals surface area contributed by atoms with Crippen LogP contribution in [0.3, 0.4) is 0 Å². The maximum Gasteiger partial charge on any atom is 0.0972 e. The number of aromatic nitrogens is 1. The van der Waals surface area contributed by atoms with Crippen molar-refractivity contribution >= 4 is 23.1 Å². The fourth-order valence-electron chi connectivity index (χ4n) is 2.45. The zero-order chi connectivity index (χ0) is 16.1. The smallest absolute Gasteiger partial charge is 0.0972 e. The lowest BCUT2D eigenvalue weighted by molar-refractivity contribution is 1.09. The van der Waals surface area contributed by atoms with Crippen molar-refractivity contribution in [1.29, 1.82) is 0 Å². The molecule has 0 saturated heterocycles. The lowest BCUT2D eigenvalue weighted by atomic mass is 10.1. The fourth-order valence-corrected chi connectivity index (χ4v) is 4.26. The third-order valence-corrected chi connectivity index (χ3v) is 5.61. The molecule has 0 aliphatic carbocycles. The Kier molecular flexibility index (Phi) is 5.52. The van der Waals surface area contributed by atoms with Gasteiger partial charge in [-0.25, -0.2) is 4.98 Å². The van der Waals surface area contributed by atoms with Crippen LogP contribution in [0.15, 0.2) is 53.9 Å². The lowest BCUT2D eigenvalue weighted by Crippen LogP contribution is -1.89. The third kappa shape index (κ3) is 4.95. The molecular weight excluding hydrogens is 318 g/mol. The number of thiazole rings is 1. The Hall–Kier alpha value is -1.58. The van der Waals surface area contributed by atoms with Crippen LogP contribution in [0, 0.1) is 13.8 Å². The van der Waals surface area contributed by atoms with Gasteiger partial charge in [-0.1, -0.05) is 59.7 Å². The summed E-state index contributed by atoms with van der Waals surface area (Å²) in [7, 11) is 0. The molecule has 0 radical (unpaired) electrons. The molecule has 0 aliphatic rings. The van der Waals surface area contributed by atoms with Gasteiger partial charge in [0.05, 0.1) is 10.7 Å². The van der Waals surface area contributed by atoms with Crippen molar-refractivity contribution < 1.29 is 0 Å². The predicted octanol–water partition coefficient (Wildman–Crippen LogP) is 5.78. The Bertz CT molecular complexity index is 759. The Labute approximate surface area is 146 Å². The quantitative estimate of drug-likeness (QED) is 0.564. The second kappa shape index (κ2) is 7.80. The van der Waals surface area contributed by atoms with Gasteiger partial charge in [-0.15, -0.1) is 11.3 Å². The molecule has 1 nitrogen and oxygen atoms in total. The molecule has 0 amide bonds. The summed E-state index contributed by atoms with van der Waals surface area (Å²) in [5.74, 6) is 2.03. The van der Waals surface area contributed by atoms with Crippen LogP contribution in [-0.2, 0) is 17.9 Å². The first kappa shape index (κ1) is 16.3. The molecule has 0 saturated carbocycles. The van der Waals surface area contributed by atoms with Gasteiger partial charge in [0.15, 0.2) is 0 Å². The summed E-state index contributed by atoms with van der Waals surface area (Å²) in [5.41, 5.74) is 6.57. The van der Waals surface area contributed by atoms with Crippen molar-refractivity contribution in [3.05, 3.63) is 86.9 Å². The molecular formula is C20H21NS2. The maximum atomic E-state index is 4.77. The Balaban J connectivity index is 1.52. The molecule has 0 N–H and O–H groups in total. The minimum Gasteiger partial charge on any atom is -0.245 e. The Morgan fingerprint density at radius 3 is 2.52 bits per heavy atom. The lowest BCUT2D eigenvalue weighted by Gasteiger charge is -2.02. The van der Waals surface area contributed by atoms with E-state index in [1.54, 1.807) is 11.3 Å². The van der Waals surface area contributed by atoms with Crippen molar-refractivity contribution in [3.8, 4) is 0 Å². The van der Waals surface area contributed by atoms with E-state index in [0.717, 1.165) is 17.9 Å². The van der Waals surface area contributed by atoms with Gasteiger partial charge in [0.1, 0.15) is 0 Å². The van der Waals surface area contributed by atoms with Crippen molar-refractivity contribution in [1.82, 2.24) is 4.98 Å². The molecule has 1 heterocycles. The second-order valence-electron chi connectivity index (χ2n) is 5.88. The van der Waals surface area contributed by atoms with E-state index in [1.165, 1.54) is 33.0 Å². The van der Waals surface area contributed by atoms with Crippen LogP contribution < -0.4 is 0 Å². The number of nitrogens with zero attached hydrogens (tertiary/aromatic N) is 1. The van der Waals surface area contributed by atoms with E-state index in [-0.39, 0.29) is 0 Å². The van der Waals surface area contributed by atoms with Gasteiger partial charge in [0, 0.05) is 23.3 Å². The zero-order valence-electron chi connectivity index (χ0n) is 13.6. The summed E-state index contributed by atoms with van der Waals surface area (Å²) in [5, 5.41) is 3.41. The Morgan fingerprint density at radius 2 is 1.74 bits per heavy atom. The topological polar surface area (TPSA) is 12.9 Å². The van der Waals surface area contributed by atoms with Gasteiger partial charge in [-0.3, -0.25) is 0 Å². The van der Waals surface area contributed by atoms with Crippen LogP contribution in [0.2, 0.25) is 0 Å². The highest BCUT2D eigenvalue weighted by Crippen LogP contribution is 2.21. The van der Waals surface area contributed by atoms with Gasteiger partial charge in [-0.2, -0.15) is 11.8 Å². The van der Waals surface area contributed by atoms with Gasteiger partial charge in [-0.05, 0) is 25.0 Å². The van der Waals surface area contributed by atoms with Crippen LogP contribution in [0.1, 0.15) is 33.0 Å². The van der Waals surface area contributed by atoms with Crippen LogP contribution in [0.25, 0.3) is 0 Å². The summed E-state index contributed by atoms with van der Waals surface area (Å²) >= 11 is 3.71. The highest BCUT2D eigenvalue weighted by Gasteiger charge is 2.04. The van der Waals surface area contributed by atoms with Crippen LogP contribution in [0.4, 0.5) is 0 Å². The first-order valence-corrected chi connectivity index (χ1v) is 9.84. The molecule has 3 heteroatoms. The molecule has 118 valence electrons. The van der Waals surface area contributed by atoms with E-state index in [2.05, 4.69) is 67.8 Å². The van der Waals surface area contributed by atoms with Gasteiger partial charge < -0.3 is 0 Å². The molecule has 1 aromatic heterocycles. The number of rotatable bonds is 6. The highest BCUT2D eigenvalue weighted by atomic mass is 32.2. The van der Waals surface area contributed by atoms with Crippen molar-refractivity contribution in [2.75, 3.05) is 0 Å². The SMILES string of the molecule is Cc1ccc(Cc2nc(CSCc3cccc(C)c3)cs2)cc1. The average Bonchev–Trinajstić information content (AvgIpc) is 2.97. The van der Waals surface area contributed by atoms with E-state index in [0.29, 0.717) is 0 Å². The van der Waals surface area contributed by atoms with Crippen LogP contribution >= 0.6 is 23.1 Å². The first-order chi connectivity index (χ1) is 11.2. The number of benzene rings is 2. The van der Waals surface area contributed by atoms with Crippen LogP contribution in [-0.4, -0.2) is 4.98 Å². The number of aryl methyl sites for hydroxylation is 2. The average molecular weight is 340 g/mol. The summed E-state index contributed by atoms with van der Waals surface area (Å²) in [6.07, 6.45) is 0.938. The monoisotopic (exact) mass is 339 g/mol. The summed E-state index contributed by atoms with van der Waals surface area (Å²) < 4.78 is 0. The fraction of sp³-hybridized carbons (Fsp3) is 0.250. The summed E-state index contributed by atoms with van der Waals surface area (Å²) in [6.45, 7) is 4.27. The molecule has 2 aromatic carbocycles. The molecule has 0 atom stereocenters. The van der Waals surface area contributed by atoms with E-state index in [1.807, 2.05) is 11.8 Å². The van der Waals surface area contributed by atoms with Crippen molar-refractivity contribution in [2.24, 2.45) is 0 Å². The second-order valence-corrected chi connectivity index (χ2v) is 7.81. The molecule has 3 aromatic rings. The molecule has 23 heavy (non-hydrogen) atoms. The van der Waals surface area contributed by atoms with E-state index < -0.39 is 0 Å². The highest BCUT2D eigenvalue weighted by molar-refractivity contribution is 7.97. The molecule has 0 aliphatic heterocycles. The molecule has 0 unspecified atom stereocenters. The summed E-state index contributed by atoms with van der Waals surface area (Å²) in [6, 6.07) is 17.5. The predicted molar refractivity (Wildman–Crippen MR) is 102 cm³/mol. The summed E-state index contributed by atoms with van der Waals surface area (Å²) in [4.78, 5) is 4.77. The third-order valence-electron chi connectivity index (χ3n) is 3.68. The van der Waals surface area contributed by atoms with Crippen LogP contribution in [0.5, 0.6) is 0 Å². The zero-order valence-corrected chi connectivity index (χ0v) is 15.2.